The van der Waals surface area contributed by atoms with Gasteiger partial charge < -0.3 is 15.0 Å². The molecule has 1 N–H and O–H groups in total. The number of carbonyl (C=O) groups excluding carboxylic acids is 1. The zero-order chi connectivity index (χ0) is 23.7. The number of aryl methyl sites for hydroxylation is 1. The molecule has 1 atom stereocenters. The number of nitrogens with zero attached hydrogens (tertiary/aromatic N) is 2. The van der Waals surface area contributed by atoms with Crippen molar-refractivity contribution in [2.24, 2.45) is 10.9 Å². The van der Waals surface area contributed by atoms with Crippen LogP contribution in [0.1, 0.15) is 69.9 Å². The van der Waals surface area contributed by atoms with Gasteiger partial charge in [-0.2, -0.15) is 0 Å². The van der Waals surface area contributed by atoms with Crippen LogP contribution in [-0.2, 0) is 9.53 Å². The smallest absolute Gasteiger partial charge is 0.220 e. The monoisotopic (exact) mass is 441 g/mol. The first kappa shape index (κ1) is 26.3. The molecular formula is C27H43N3O2. The van der Waals surface area contributed by atoms with Crippen LogP contribution in [0.15, 0.2) is 35.3 Å². The molecule has 1 aromatic carbocycles. The fraction of sp³-hybridized carbons (Fsp3) is 0.630. The maximum atomic E-state index is 12.8. The zero-order valence-electron chi connectivity index (χ0n) is 21.0. The molecule has 1 aromatic rings. The van der Waals surface area contributed by atoms with Crippen molar-refractivity contribution in [1.82, 2.24) is 10.2 Å². The van der Waals surface area contributed by atoms with E-state index in [1.807, 2.05) is 21.0 Å². The van der Waals surface area contributed by atoms with E-state index < -0.39 is 0 Å². The van der Waals surface area contributed by atoms with Crippen LogP contribution in [-0.4, -0.2) is 56.4 Å². The van der Waals surface area contributed by atoms with Gasteiger partial charge in [0.25, 0.3) is 0 Å². The molecule has 0 spiro atoms. The van der Waals surface area contributed by atoms with E-state index >= 15 is 0 Å². The lowest BCUT2D eigenvalue weighted by atomic mass is 9.87. The van der Waals surface area contributed by atoms with Gasteiger partial charge in [-0.1, -0.05) is 38.1 Å². The topological polar surface area (TPSA) is 53.9 Å². The Bertz CT molecular complexity index is 792. The lowest BCUT2D eigenvalue weighted by Gasteiger charge is -2.32. The minimum Gasteiger partial charge on any atom is -0.381 e. The van der Waals surface area contributed by atoms with Crippen molar-refractivity contribution in [2.75, 3.05) is 33.9 Å². The summed E-state index contributed by atoms with van der Waals surface area (Å²) in [7, 11) is 4.10. The molecule has 1 unspecified atom stereocenters. The second-order valence-corrected chi connectivity index (χ2v) is 9.86. The Hall–Kier alpha value is -1.98. The molecule has 0 bridgehead atoms. The van der Waals surface area contributed by atoms with Crippen LogP contribution in [0.2, 0.25) is 0 Å². The third-order valence-electron chi connectivity index (χ3n) is 6.14. The molecule has 1 heterocycles. The Kier molecular flexibility index (Phi) is 10.6. The van der Waals surface area contributed by atoms with Gasteiger partial charge in [0.15, 0.2) is 0 Å². The third kappa shape index (κ3) is 8.87. The molecule has 1 fully saturated rings. The highest BCUT2D eigenvalue weighted by Gasteiger charge is 2.26. The molecule has 1 aliphatic rings. The van der Waals surface area contributed by atoms with Crippen molar-refractivity contribution in [2.45, 2.75) is 71.8 Å². The van der Waals surface area contributed by atoms with Crippen molar-refractivity contribution < 1.29 is 9.53 Å². The van der Waals surface area contributed by atoms with Gasteiger partial charge >= 0.3 is 0 Å². The number of benzene rings is 1. The van der Waals surface area contributed by atoms with E-state index in [2.05, 4.69) is 55.8 Å². The lowest BCUT2D eigenvalue weighted by Crippen LogP contribution is -2.43. The average molecular weight is 442 g/mol. The Morgan fingerprint density at radius 3 is 2.53 bits per heavy atom. The maximum Gasteiger partial charge on any atom is 0.220 e. The Morgan fingerprint density at radius 2 is 1.94 bits per heavy atom. The molecule has 0 saturated carbocycles. The standard InChI is InChI=1S/C27H43N3O2/c1-19(2)24-9-10-25(21(4)17-24)28-22(5)8-11-27(31)29-26(16-20(3)18-30(6)7)23-12-14-32-15-13-23/h9-10,17,19,23,26H,3,8,11-16,18H2,1-2,4-7H3,(H,29,31). The average Bonchev–Trinajstić information content (AvgIpc) is 2.73. The van der Waals surface area contributed by atoms with Gasteiger partial charge in [0.05, 0.1) is 5.69 Å². The molecule has 32 heavy (non-hydrogen) atoms. The number of aliphatic imine (C=N–C) groups is 1. The summed E-state index contributed by atoms with van der Waals surface area (Å²) < 4.78 is 5.53. The molecule has 5 heteroatoms. The summed E-state index contributed by atoms with van der Waals surface area (Å²) in [5.41, 5.74) is 5.64. The number of hydrogen-bond acceptors (Lipinski definition) is 4. The number of rotatable bonds is 11. The van der Waals surface area contributed by atoms with Crippen LogP contribution in [0.3, 0.4) is 0 Å². The van der Waals surface area contributed by atoms with Crippen molar-refractivity contribution >= 4 is 17.3 Å². The Morgan fingerprint density at radius 1 is 1.25 bits per heavy atom. The first-order valence-electron chi connectivity index (χ1n) is 12.0. The van der Waals surface area contributed by atoms with Crippen molar-refractivity contribution in [3.63, 3.8) is 0 Å². The molecule has 5 nitrogen and oxygen atoms in total. The predicted molar refractivity (Wildman–Crippen MR) is 135 cm³/mol. The van der Waals surface area contributed by atoms with Crippen molar-refractivity contribution in [3.8, 4) is 0 Å². The lowest BCUT2D eigenvalue weighted by molar-refractivity contribution is -0.122. The number of hydrogen-bond donors (Lipinski definition) is 1. The minimum absolute atomic E-state index is 0.0978. The third-order valence-corrected chi connectivity index (χ3v) is 6.14. The number of amides is 1. The molecule has 0 aliphatic carbocycles. The quantitative estimate of drug-likeness (QED) is 0.369. The van der Waals surface area contributed by atoms with Crippen molar-refractivity contribution in [3.05, 3.63) is 41.5 Å². The summed E-state index contributed by atoms with van der Waals surface area (Å²) in [6.07, 6.45) is 3.93. The van der Waals surface area contributed by atoms with E-state index in [9.17, 15) is 4.79 Å². The van der Waals surface area contributed by atoms with Gasteiger partial charge in [-0.15, -0.1) is 0 Å². The number of likely N-dealkylation sites (N-methyl/N-ethyl adjacent to an activating group) is 1. The summed E-state index contributed by atoms with van der Waals surface area (Å²) in [6.45, 7) is 15.1. The fourth-order valence-corrected chi connectivity index (χ4v) is 4.27. The number of ether oxygens (including phenoxy) is 1. The summed E-state index contributed by atoms with van der Waals surface area (Å²) >= 11 is 0. The van der Waals surface area contributed by atoms with E-state index in [1.165, 1.54) is 11.1 Å². The van der Waals surface area contributed by atoms with Crippen LogP contribution < -0.4 is 5.32 Å². The number of carbonyl (C=O) groups is 1. The Labute approximate surface area is 195 Å². The minimum atomic E-state index is 0.0978. The highest BCUT2D eigenvalue weighted by molar-refractivity contribution is 5.89. The van der Waals surface area contributed by atoms with E-state index in [4.69, 9.17) is 9.73 Å². The zero-order valence-corrected chi connectivity index (χ0v) is 21.0. The van der Waals surface area contributed by atoms with Crippen LogP contribution in [0.25, 0.3) is 0 Å². The SMILES string of the molecule is C=C(CC(NC(=O)CCC(C)=Nc1ccc(C(C)C)cc1C)C1CCOCC1)CN(C)C. The van der Waals surface area contributed by atoms with E-state index in [-0.39, 0.29) is 11.9 Å². The molecular weight excluding hydrogens is 398 g/mol. The number of nitrogens with one attached hydrogen (secondary N) is 1. The normalized spacial score (nSPS) is 16.4. The van der Waals surface area contributed by atoms with Crippen LogP contribution >= 0.6 is 0 Å². The van der Waals surface area contributed by atoms with Gasteiger partial charge in [0.2, 0.25) is 5.91 Å². The van der Waals surface area contributed by atoms with Gasteiger partial charge in [-0.25, -0.2) is 0 Å². The summed E-state index contributed by atoms with van der Waals surface area (Å²) in [5.74, 6) is 1.05. The highest BCUT2D eigenvalue weighted by atomic mass is 16.5. The first-order valence-corrected chi connectivity index (χ1v) is 12.0. The molecule has 0 radical (unpaired) electrons. The Balaban J connectivity index is 1.95. The van der Waals surface area contributed by atoms with Gasteiger partial charge in [-0.3, -0.25) is 9.79 Å². The van der Waals surface area contributed by atoms with Crippen LogP contribution in [0.4, 0.5) is 5.69 Å². The molecule has 2 rings (SSSR count). The van der Waals surface area contributed by atoms with Gasteiger partial charge in [-0.05, 0) is 82.7 Å². The second kappa shape index (κ2) is 12.9. The fourth-order valence-electron chi connectivity index (χ4n) is 4.27. The van der Waals surface area contributed by atoms with Crippen LogP contribution in [0, 0.1) is 12.8 Å². The maximum absolute atomic E-state index is 12.8. The molecule has 1 aliphatic heterocycles. The highest BCUT2D eigenvalue weighted by Crippen LogP contribution is 2.25. The summed E-state index contributed by atoms with van der Waals surface area (Å²) in [5, 5.41) is 3.31. The van der Waals surface area contributed by atoms with Gasteiger partial charge in [0.1, 0.15) is 0 Å². The molecule has 1 saturated heterocycles. The summed E-state index contributed by atoms with van der Waals surface area (Å²) in [4.78, 5) is 19.7. The van der Waals surface area contributed by atoms with E-state index in [0.29, 0.717) is 24.7 Å². The molecule has 1 amide bonds. The largest absolute Gasteiger partial charge is 0.381 e. The summed E-state index contributed by atoms with van der Waals surface area (Å²) in [6, 6.07) is 6.58. The predicted octanol–water partition coefficient (Wildman–Crippen LogP) is 5.41. The van der Waals surface area contributed by atoms with Gasteiger partial charge in [0, 0.05) is 37.9 Å². The van der Waals surface area contributed by atoms with Crippen LogP contribution in [0.5, 0.6) is 0 Å². The molecule has 0 aromatic heterocycles. The first-order chi connectivity index (χ1) is 15.2. The van der Waals surface area contributed by atoms with E-state index in [1.54, 1.807) is 0 Å². The van der Waals surface area contributed by atoms with Crippen molar-refractivity contribution in [1.29, 1.82) is 0 Å². The molecule has 178 valence electrons. The van der Waals surface area contributed by atoms with E-state index in [0.717, 1.165) is 56.0 Å². The second-order valence-electron chi connectivity index (χ2n) is 9.86.